The van der Waals surface area contributed by atoms with Gasteiger partial charge in [0.25, 0.3) is 0 Å². The summed E-state index contributed by atoms with van der Waals surface area (Å²) in [7, 11) is 2.05. The second kappa shape index (κ2) is 6.51. The predicted octanol–water partition coefficient (Wildman–Crippen LogP) is 1.57. The Morgan fingerprint density at radius 3 is 2.31 bits per heavy atom. The summed E-state index contributed by atoms with van der Waals surface area (Å²) in [5.41, 5.74) is 7.95. The lowest BCUT2D eigenvalue weighted by Gasteiger charge is -2.16. The highest BCUT2D eigenvalue weighted by molar-refractivity contribution is 5.32. The minimum Gasteiger partial charge on any atom is -0.492 e. The first-order chi connectivity index (χ1) is 7.61. The lowest BCUT2D eigenvalue weighted by atomic mass is 10.1. The van der Waals surface area contributed by atoms with Crippen LogP contribution in [0, 0.1) is 13.8 Å². The van der Waals surface area contributed by atoms with E-state index in [9.17, 15) is 0 Å². The number of ether oxygens (including phenoxy) is 1. The Morgan fingerprint density at radius 2 is 1.75 bits per heavy atom. The molecule has 0 saturated heterocycles. The lowest BCUT2D eigenvalue weighted by Crippen LogP contribution is -2.29. The molecule has 0 aliphatic heterocycles. The van der Waals surface area contributed by atoms with Crippen molar-refractivity contribution < 1.29 is 4.74 Å². The number of nitrogens with two attached hydrogens (primary N) is 1. The van der Waals surface area contributed by atoms with Gasteiger partial charge >= 0.3 is 0 Å². The summed E-state index contributed by atoms with van der Waals surface area (Å²) < 4.78 is 5.70. The highest BCUT2D eigenvalue weighted by atomic mass is 16.5. The Bertz CT molecular complexity index is 305. The van der Waals surface area contributed by atoms with E-state index < -0.39 is 0 Å². The van der Waals surface area contributed by atoms with Gasteiger partial charge in [0.05, 0.1) is 0 Å². The fourth-order valence-electron chi connectivity index (χ4n) is 1.67. The van der Waals surface area contributed by atoms with E-state index in [0.717, 1.165) is 18.8 Å². The maximum Gasteiger partial charge on any atom is 0.119 e. The maximum absolute atomic E-state index is 5.70. The highest BCUT2D eigenvalue weighted by Crippen LogP contribution is 2.15. The first-order valence-electron chi connectivity index (χ1n) is 5.71. The Labute approximate surface area is 98.2 Å². The first kappa shape index (κ1) is 13.0. The zero-order valence-electron chi connectivity index (χ0n) is 10.5. The van der Waals surface area contributed by atoms with E-state index in [4.69, 9.17) is 10.5 Å². The van der Waals surface area contributed by atoms with E-state index in [1.54, 1.807) is 0 Å². The van der Waals surface area contributed by atoms with Gasteiger partial charge in [-0.3, -0.25) is 0 Å². The topological polar surface area (TPSA) is 38.5 Å². The molecule has 0 bridgehead atoms. The molecular weight excluding hydrogens is 200 g/mol. The molecule has 0 radical (unpaired) electrons. The molecule has 0 aromatic heterocycles. The van der Waals surface area contributed by atoms with E-state index in [1.165, 1.54) is 11.1 Å². The summed E-state index contributed by atoms with van der Waals surface area (Å²) >= 11 is 0. The summed E-state index contributed by atoms with van der Waals surface area (Å²) in [6.07, 6.45) is 0. The molecule has 0 aliphatic rings. The van der Waals surface area contributed by atoms with Crippen molar-refractivity contribution in [2.24, 2.45) is 5.73 Å². The number of nitrogens with zero attached hydrogens (tertiary/aromatic N) is 1. The van der Waals surface area contributed by atoms with Gasteiger partial charge in [-0.25, -0.2) is 0 Å². The van der Waals surface area contributed by atoms with Gasteiger partial charge in [-0.1, -0.05) is 6.07 Å². The fourth-order valence-corrected chi connectivity index (χ4v) is 1.67. The van der Waals surface area contributed by atoms with Crippen molar-refractivity contribution in [2.75, 3.05) is 33.3 Å². The van der Waals surface area contributed by atoms with E-state index >= 15 is 0 Å². The number of benzene rings is 1. The van der Waals surface area contributed by atoms with Crippen molar-refractivity contribution >= 4 is 0 Å². The van der Waals surface area contributed by atoms with Gasteiger partial charge in [-0.15, -0.1) is 0 Å². The smallest absolute Gasteiger partial charge is 0.119 e. The van der Waals surface area contributed by atoms with Crippen LogP contribution >= 0.6 is 0 Å². The zero-order valence-corrected chi connectivity index (χ0v) is 10.5. The molecule has 0 aliphatic carbocycles. The summed E-state index contributed by atoms with van der Waals surface area (Å²) in [5, 5.41) is 0. The number of hydrogen-bond acceptors (Lipinski definition) is 3. The van der Waals surface area contributed by atoms with Crippen LogP contribution in [-0.4, -0.2) is 38.2 Å². The predicted molar refractivity (Wildman–Crippen MR) is 68.0 cm³/mol. The number of hydrogen-bond donors (Lipinski definition) is 1. The second-order valence-corrected chi connectivity index (χ2v) is 4.26. The molecule has 0 amide bonds. The largest absolute Gasteiger partial charge is 0.492 e. The molecule has 0 atom stereocenters. The summed E-state index contributed by atoms with van der Waals surface area (Å²) in [6, 6.07) is 6.28. The first-order valence-corrected chi connectivity index (χ1v) is 5.71. The Morgan fingerprint density at radius 1 is 1.12 bits per heavy atom. The van der Waals surface area contributed by atoms with E-state index in [1.807, 2.05) is 0 Å². The van der Waals surface area contributed by atoms with Crippen LogP contribution < -0.4 is 10.5 Å². The highest BCUT2D eigenvalue weighted by Gasteiger charge is 1.99. The van der Waals surface area contributed by atoms with Gasteiger partial charge in [0.15, 0.2) is 0 Å². The molecule has 90 valence electrons. The molecule has 1 aromatic rings. The van der Waals surface area contributed by atoms with Gasteiger partial charge in [-0.05, 0) is 44.2 Å². The molecule has 1 rings (SSSR count). The molecule has 0 spiro atoms. The average molecular weight is 222 g/mol. The molecule has 0 fully saturated rings. The molecule has 0 heterocycles. The van der Waals surface area contributed by atoms with Gasteiger partial charge in [0.2, 0.25) is 0 Å². The number of aryl methyl sites for hydroxylation is 2. The van der Waals surface area contributed by atoms with Gasteiger partial charge in [-0.2, -0.15) is 0 Å². The number of likely N-dealkylation sites (N-methyl/N-ethyl adjacent to an activating group) is 1. The van der Waals surface area contributed by atoms with Crippen molar-refractivity contribution in [2.45, 2.75) is 13.8 Å². The molecule has 3 heteroatoms. The molecule has 0 saturated carbocycles. The van der Waals surface area contributed by atoms with Crippen LogP contribution in [-0.2, 0) is 0 Å². The van der Waals surface area contributed by atoms with Crippen LogP contribution in [0.25, 0.3) is 0 Å². The zero-order chi connectivity index (χ0) is 12.0. The molecular formula is C13H22N2O. The monoisotopic (exact) mass is 222 g/mol. The van der Waals surface area contributed by atoms with Crippen LogP contribution in [0.3, 0.4) is 0 Å². The molecule has 3 nitrogen and oxygen atoms in total. The molecule has 2 N–H and O–H groups in total. The molecule has 1 aromatic carbocycles. The third kappa shape index (κ3) is 4.64. The van der Waals surface area contributed by atoms with Crippen molar-refractivity contribution in [1.82, 2.24) is 4.90 Å². The minimum absolute atomic E-state index is 0.694. The van der Waals surface area contributed by atoms with Crippen LogP contribution in [0.4, 0.5) is 0 Å². The standard InChI is InChI=1S/C13H22N2O/c1-11-8-12(2)10-13(9-11)16-7-6-15(3)5-4-14/h8-10H,4-7,14H2,1-3H3. The maximum atomic E-state index is 5.70. The Kier molecular flexibility index (Phi) is 5.29. The summed E-state index contributed by atoms with van der Waals surface area (Å²) in [5.74, 6) is 0.957. The van der Waals surface area contributed by atoms with Crippen molar-refractivity contribution in [3.05, 3.63) is 29.3 Å². The van der Waals surface area contributed by atoms with E-state index in [0.29, 0.717) is 13.2 Å². The fraction of sp³-hybridized carbons (Fsp3) is 0.538. The van der Waals surface area contributed by atoms with E-state index in [2.05, 4.69) is 44.0 Å². The van der Waals surface area contributed by atoms with Crippen molar-refractivity contribution in [3.63, 3.8) is 0 Å². The summed E-state index contributed by atoms with van der Waals surface area (Å²) in [6.45, 7) is 7.39. The average Bonchev–Trinajstić information content (AvgIpc) is 2.16. The summed E-state index contributed by atoms with van der Waals surface area (Å²) in [4.78, 5) is 2.17. The van der Waals surface area contributed by atoms with Gasteiger partial charge in [0, 0.05) is 19.6 Å². The SMILES string of the molecule is Cc1cc(C)cc(OCCN(C)CCN)c1. The van der Waals surface area contributed by atoms with Crippen LogP contribution in [0.15, 0.2) is 18.2 Å². The molecule has 16 heavy (non-hydrogen) atoms. The molecule has 0 unspecified atom stereocenters. The van der Waals surface area contributed by atoms with Crippen LogP contribution in [0.5, 0.6) is 5.75 Å². The van der Waals surface area contributed by atoms with Gasteiger partial charge < -0.3 is 15.4 Å². The third-order valence-corrected chi connectivity index (χ3v) is 2.45. The van der Waals surface area contributed by atoms with Crippen molar-refractivity contribution in [3.8, 4) is 5.75 Å². The van der Waals surface area contributed by atoms with Crippen molar-refractivity contribution in [1.29, 1.82) is 0 Å². The normalized spacial score (nSPS) is 10.8. The quantitative estimate of drug-likeness (QED) is 0.794. The lowest BCUT2D eigenvalue weighted by molar-refractivity contribution is 0.240. The minimum atomic E-state index is 0.694. The second-order valence-electron chi connectivity index (χ2n) is 4.26. The van der Waals surface area contributed by atoms with Crippen LogP contribution in [0.1, 0.15) is 11.1 Å². The van der Waals surface area contributed by atoms with E-state index in [-0.39, 0.29) is 0 Å². The third-order valence-electron chi connectivity index (χ3n) is 2.45. The van der Waals surface area contributed by atoms with Gasteiger partial charge in [0.1, 0.15) is 12.4 Å². The Balaban J connectivity index is 2.37. The van der Waals surface area contributed by atoms with Crippen LogP contribution in [0.2, 0.25) is 0 Å². The Hall–Kier alpha value is -1.06. The number of rotatable bonds is 6.